The van der Waals surface area contributed by atoms with Gasteiger partial charge in [0, 0.05) is 12.1 Å². The first kappa shape index (κ1) is 9.43. The Balaban J connectivity index is 2.44. The third-order valence-corrected chi connectivity index (χ3v) is 2.58. The number of rotatable bonds is 1. The van der Waals surface area contributed by atoms with Crippen LogP contribution in [0.1, 0.15) is 12.0 Å². The van der Waals surface area contributed by atoms with E-state index in [1.807, 2.05) is 0 Å². The van der Waals surface area contributed by atoms with Crippen LogP contribution in [-0.2, 0) is 5.60 Å². The minimum atomic E-state index is -1.18. The number of nitrogens with one attached hydrogen (secondary N) is 1. The summed E-state index contributed by atoms with van der Waals surface area (Å²) in [6.45, 7) is 0.985. The maximum absolute atomic E-state index is 13.4. The first-order valence-electron chi connectivity index (χ1n) is 4.54. The smallest absolute Gasteiger partial charge is 0.129 e. The van der Waals surface area contributed by atoms with E-state index in [4.69, 9.17) is 0 Å². The molecule has 1 aliphatic heterocycles. The number of benzene rings is 1. The molecule has 3 N–H and O–H groups in total. The Labute approximate surface area is 81.2 Å². The second-order valence-corrected chi connectivity index (χ2v) is 3.62. The molecular weight excluding hydrogens is 185 g/mol. The molecule has 1 atom stereocenters. The van der Waals surface area contributed by atoms with E-state index in [1.165, 1.54) is 18.2 Å². The summed E-state index contributed by atoms with van der Waals surface area (Å²) in [6.07, 6.45) is 0.466. The van der Waals surface area contributed by atoms with Gasteiger partial charge >= 0.3 is 0 Å². The van der Waals surface area contributed by atoms with Crippen LogP contribution in [0.5, 0.6) is 5.75 Å². The van der Waals surface area contributed by atoms with Gasteiger partial charge in [-0.1, -0.05) is 0 Å². The summed E-state index contributed by atoms with van der Waals surface area (Å²) < 4.78 is 13.4. The molecule has 0 radical (unpaired) electrons. The number of halogens is 1. The highest BCUT2D eigenvalue weighted by atomic mass is 19.1. The Hall–Kier alpha value is -1.13. The summed E-state index contributed by atoms with van der Waals surface area (Å²) in [4.78, 5) is 0. The Kier molecular flexibility index (Phi) is 2.17. The molecule has 1 unspecified atom stereocenters. The molecule has 1 fully saturated rings. The third-order valence-electron chi connectivity index (χ3n) is 2.58. The standard InChI is InChI=1S/C10H12FNO2/c11-9-2-1-7(13)5-8(9)10(14)3-4-12-6-10/h1-2,5,12-14H,3-4,6H2. The lowest BCUT2D eigenvalue weighted by molar-refractivity contribution is 0.0546. The Bertz CT molecular complexity index is 348. The van der Waals surface area contributed by atoms with Gasteiger partial charge in [-0.2, -0.15) is 0 Å². The van der Waals surface area contributed by atoms with Gasteiger partial charge in [-0.15, -0.1) is 0 Å². The molecule has 3 nitrogen and oxygen atoms in total. The minimum Gasteiger partial charge on any atom is -0.508 e. The van der Waals surface area contributed by atoms with Gasteiger partial charge in [0.1, 0.15) is 17.2 Å². The van der Waals surface area contributed by atoms with Crippen LogP contribution in [0.4, 0.5) is 4.39 Å². The summed E-state index contributed by atoms with van der Waals surface area (Å²) in [5.74, 6) is -0.504. The van der Waals surface area contributed by atoms with Crippen LogP contribution in [0.2, 0.25) is 0 Å². The molecule has 0 bridgehead atoms. The molecule has 0 saturated carbocycles. The minimum absolute atomic E-state index is 0.0262. The number of phenols is 1. The normalized spacial score (nSPS) is 26.7. The zero-order chi connectivity index (χ0) is 10.2. The molecule has 1 aliphatic rings. The molecule has 4 heteroatoms. The van der Waals surface area contributed by atoms with Crippen molar-refractivity contribution >= 4 is 0 Å². The molecule has 1 saturated heterocycles. The Morgan fingerprint density at radius 2 is 2.21 bits per heavy atom. The number of phenolic OH excluding ortho intramolecular Hbond substituents is 1. The van der Waals surface area contributed by atoms with Crippen molar-refractivity contribution in [2.24, 2.45) is 0 Å². The lowest BCUT2D eigenvalue weighted by atomic mass is 9.92. The second kappa shape index (κ2) is 3.22. The highest BCUT2D eigenvalue weighted by Gasteiger charge is 2.35. The molecule has 0 aromatic heterocycles. The zero-order valence-electron chi connectivity index (χ0n) is 7.63. The average Bonchev–Trinajstić information content (AvgIpc) is 2.58. The number of aromatic hydroxyl groups is 1. The van der Waals surface area contributed by atoms with Gasteiger partial charge in [0.25, 0.3) is 0 Å². The SMILES string of the molecule is Oc1ccc(F)c(C2(O)CCNC2)c1. The summed E-state index contributed by atoms with van der Waals surface area (Å²) in [5, 5.41) is 22.2. The highest BCUT2D eigenvalue weighted by Crippen LogP contribution is 2.31. The molecule has 0 amide bonds. The van der Waals surface area contributed by atoms with E-state index in [0.717, 1.165) is 0 Å². The predicted octanol–water partition coefficient (Wildman–Crippen LogP) is 0.712. The number of β-amino-alcohol motifs (C(OH)–C–C–N with tert-alkyl or cyclic N) is 1. The molecule has 76 valence electrons. The van der Waals surface area contributed by atoms with Crippen molar-refractivity contribution in [1.82, 2.24) is 5.32 Å². The van der Waals surface area contributed by atoms with Crippen molar-refractivity contribution in [3.63, 3.8) is 0 Å². The van der Waals surface area contributed by atoms with Crippen LogP contribution in [0.15, 0.2) is 18.2 Å². The monoisotopic (exact) mass is 197 g/mol. The summed E-state index contributed by atoms with van der Waals surface area (Å²) in [5.41, 5.74) is -1.01. The fourth-order valence-electron chi connectivity index (χ4n) is 1.78. The van der Waals surface area contributed by atoms with Crippen LogP contribution in [0, 0.1) is 5.82 Å². The van der Waals surface area contributed by atoms with Gasteiger partial charge < -0.3 is 15.5 Å². The number of hydrogen-bond donors (Lipinski definition) is 3. The van der Waals surface area contributed by atoms with Crippen LogP contribution in [0.25, 0.3) is 0 Å². The van der Waals surface area contributed by atoms with E-state index in [-0.39, 0.29) is 11.3 Å². The van der Waals surface area contributed by atoms with Crippen LogP contribution in [-0.4, -0.2) is 23.3 Å². The van der Waals surface area contributed by atoms with Crippen LogP contribution < -0.4 is 5.32 Å². The van der Waals surface area contributed by atoms with Gasteiger partial charge in [-0.25, -0.2) is 4.39 Å². The predicted molar refractivity (Wildman–Crippen MR) is 49.4 cm³/mol. The molecule has 0 aliphatic carbocycles. The van der Waals surface area contributed by atoms with Gasteiger partial charge in [-0.3, -0.25) is 0 Å². The Morgan fingerprint density at radius 3 is 2.86 bits per heavy atom. The number of hydrogen-bond acceptors (Lipinski definition) is 3. The molecule has 1 aromatic carbocycles. The van der Waals surface area contributed by atoms with Crippen molar-refractivity contribution in [2.75, 3.05) is 13.1 Å². The average molecular weight is 197 g/mol. The van der Waals surface area contributed by atoms with Crippen molar-refractivity contribution in [2.45, 2.75) is 12.0 Å². The number of aliphatic hydroxyl groups is 1. The highest BCUT2D eigenvalue weighted by molar-refractivity contribution is 5.33. The lowest BCUT2D eigenvalue weighted by Crippen LogP contribution is -2.29. The van der Waals surface area contributed by atoms with Crippen molar-refractivity contribution < 1.29 is 14.6 Å². The second-order valence-electron chi connectivity index (χ2n) is 3.62. The molecule has 1 aromatic rings. The van der Waals surface area contributed by atoms with Gasteiger partial charge in [0.05, 0.1) is 0 Å². The summed E-state index contributed by atoms with van der Waals surface area (Å²) in [6, 6.07) is 3.72. The summed E-state index contributed by atoms with van der Waals surface area (Å²) in [7, 11) is 0. The van der Waals surface area contributed by atoms with Gasteiger partial charge in [-0.05, 0) is 31.2 Å². The first-order valence-corrected chi connectivity index (χ1v) is 4.54. The van der Waals surface area contributed by atoms with Gasteiger partial charge in [0.15, 0.2) is 0 Å². The van der Waals surface area contributed by atoms with Crippen molar-refractivity contribution in [3.8, 4) is 5.75 Å². The summed E-state index contributed by atoms with van der Waals surface area (Å²) >= 11 is 0. The van der Waals surface area contributed by atoms with Crippen molar-refractivity contribution in [3.05, 3.63) is 29.6 Å². The first-order chi connectivity index (χ1) is 6.62. The van der Waals surface area contributed by atoms with E-state index in [2.05, 4.69) is 5.32 Å². The van der Waals surface area contributed by atoms with E-state index >= 15 is 0 Å². The van der Waals surface area contributed by atoms with E-state index in [1.54, 1.807) is 0 Å². The molecule has 2 rings (SSSR count). The fourth-order valence-corrected chi connectivity index (χ4v) is 1.78. The topological polar surface area (TPSA) is 52.5 Å². The van der Waals surface area contributed by atoms with Gasteiger partial charge in [0.2, 0.25) is 0 Å². The fraction of sp³-hybridized carbons (Fsp3) is 0.400. The molecule has 1 heterocycles. The van der Waals surface area contributed by atoms with Crippen LogP contribution in [0.3, 0.4) is 0 Å². The molecule has 14 heavy (non-hydrogen) atoms. The molecular formula is C10H12FNO2. The molecule has 0 spiro atoms. The van der Waals surface area contributed by atoms with E-state index in [9.17, 15) is 14.6 Å². The van der Waals surface area contributed by atoms with E-state index < -0.39 is 11.4 Å². The largest absolute Gasteiger partial charge is 0.508 e. The maximum Gasteiger partial charge on any atom is 0.129 e. The quantitative estimate of drug-likeness (QED) is 0.621. The van der Waals surface area contributed by atoms with Crippen molar-refractivity contribution in [1.29, 1.82) is 0 Å². The lowest BCUT2D eigenvalue weighted by Gasteiger charge is -2.22. The van der Waals surface area contributed by atoms with Crippen LogP contribution >= 0.6 is 0 Å². The Morgan fingerprint density at radius 1 is 1.43 bits per heavy atom. The zero-order valence-corrected chi connectivity index (χ0v) is 7.63. The van der Waals surface area contributed by atoms with E-state index in [0.29, 0.717) is 19.5 Å². The maximum atomic E-state index is 13.4. The third kappa shape index (κ3) is 1.47.